The Bertz CT molecular complexity index is 995. The van der Waals surface area contributed by atoms with Gasteiger partial charge < -0.3 is 10.1 Å². The van der Waals surface area contributed by atoms with Gasteiger partial charge >= 0.3 is 5.97 Å². The predicted molar refractivity (Wildman–Crippen MR) is 109 cm³/mol. The fourth-order valence-corrected chi connectivity index (χ4v) is 4.04. The quantitative estimate of drug-likeness (QED) is 0.558. The molecule has 0 aliphatic carbocycles. The number of sulfonamides is 1. The van der Waals surface area contributed by atoms with Crippen molar-refractivity contribution in [2.24, 2.45) is 0 Å². The average Bonchev–Trinajstić information content (AvgIpc) is 2.73. The van der Waals surface area contributed by atoms with Gasteiger partial charge in [0, 0.05) is 20.0 Å². The van der Waals surface area contributed by atoms with Crippen LogP contribution in [0, 0.1) is 11.6 Å². The van der Waals surface area contributed by atoms with Gasteiger partial charge in [-0.15, -0.1) is 0 Å². The highest BCUT2D eigenvalue weighted by Gasteiger charge is 2.22. The van der Waals surface area contributed by atoms with Crippen molar-refractivity contribution in [2.45, 2.75) is 30.2 Å². The first-order chi connectivity index (χ1) is 14.6. The van der Waals surface area contributed by atoms with Crippen LogP contribution in [0.1, 0.15) is 30.9 Å². The summed E-state index contributed by atoms with van der Waals surface area (Å²) in [7, 11) is -1.21. The monoisotopic (exact) mass is 454 g/mol. The molecule has 7 nitrogen and oxygen atoms in total. The van der Waals surface area contributed by atoms with Crippen molar-refractivity contribution in [2.75, 3.05) is 20.7 Å². The molecular weight excluding hydrogens is 430 g/mol. The highest BCUT2D eigenvalue weighted by molar-refractivity contribution is 7.89. The summed E-state index contributed by atoms with van der Waals surface area (Å²) in [6.07, 6.45) is 0.0893. The molecule has 1 amide bonds. The molecule has 168 valence electrons. The Kier molecular flexibility index (Phi) is 8.64. The van der Waals surface area contributed by atoms with Crippen LogP contribution in [0.15, 0.2) is 53.4 Å². The minimum atomic E-state index is -3.80. The van der Waals surface area contributed by atoms with Crippen molar-refractivity contribution in [3.05, 3.63) is 65.7 Å². The third-order valence-electron chi connectivity index (χ3n) is 4.60. The van der Waals surface area contributed by atoms with Gasteiger partial charge in [-0.25, -0.2) is 21.5 Å². The van der Waals surface area contributed by atoms with Gasteiger partial charge in [-0.3, -0.25) is 9.59 Å². The normalized spacial score (nSPS) is 12.4. The van der Waals surface area contributed by atoms with E-state index in [9.17, 15) is 26.8 Å². The van der Waals surface area contributed by atoms with Gasteiger partial charge in [-0.2, -0.15) is 0 Å². The van der Waals surface area contributed by atoms with E-state index in [1.165, 1.54) is 50.6 Å². The van der Waals surface area contributed by atoms with Crippen LogP contribution in [0.3, 0.4) is 0 Å². The molecule has 0 aromatic heterocycles. The van der Waals surface area contributed by atoms with Crippen LogP contribution in [-0.2, 0) is 24.3 Å². The number of hydrogen-bond acceptors (Lipinski definition) is 5. The lowest BCUT2D eigenvalue weighted by atomic mass is 10.0. The fraction of sp³-hybridized carbons (Fsp3) is 0.333. The van der Waals surface area contributed by atoms with E-state index in [1.54, 1.807) is 0 Å². The molecule has 0 spiro atoms. The van der Waals surface area contributed by atoms with E-state index >= 15 is 0 Å². The number of methoxy groups -OCH3 is 1. The number of nitrogens with zero attached hydrogens (tertiary/aromatic N) is 1. The van der Waals surface area contributed by atoms with Gasteiger partial charge in [0.2, 0.25) is 15.9 Å². The molecule has 0 fully saturated rings. The van der Waals surface area contributed by atoms with Gasteiger partial charge in [0.1, 0.15) is 11.6 Å². The third-order valence-corrected chi connectivity index (χ3v) is 6.48. The zero-order valence-corrected chi connectivity index (χ0v) is 18.0. The summed E-state index contributed by atoms with van der Waals surface area (Å²) in [6.45, 7) is 0.0609. The maximum Gasteiger partial charge on any atom is 0.307 e. The van der Waals surface area contributed by atoms with Crippen LogP contribution < -0.4 is 5.32 Å². The SMILES string of the molecule is COC(=O)CC(NC(=O)CCCN(C)S(=O)(=O)c1ccc(F)cc1)c1ccc(F)cc1. The average molecular weight is 454 g/mol. The van der Waals surface area contributed by atoms with Gasteiger partial charge in [-0.1, -0.05) is 12.1 Å². The molecule has 0 saturated carbocycles. The summed E-state index contributed by atoms with van der Waals surface area (Å²) in [5, 5.41) is 2.70. The van der Waals surface area contributed by atoms with Crippen LogP contribution in [0.2, 0.25) is 0 Å². The molecule has 0 bridgehead atoms. The second-order valence-corrected chi connectivity index (χ2v) is 8.88. The summed E-state index contributed by atoms with van der Waals surface area (Å²) < 4.78 is 56.9. The Morgan fingerprint density at radius 3 is 2.13 bits per heavy atom. The van der Waals surface area contributed by atoms with Crippen molar-refractivity contribution in [1.29, 1.82) is 0 Å². The number of ether oxygens (including phenoxy) is 1. The van der Waals surface area contributed by atoms with Crippen molar-refractivity contribution in [1.82, 2.24) is 9.62 Å². The van der Waals surface area contributed by atoms with Crippen molar-refractivity contribution in [3.63, 3.8) is 0 Å². The number of carbonyl (C=O) groups excluding carboxylic acids is 2. The van der Waals surface area contributed by atoms with Crippen LogP contribution in [0.25, 0.3) is 0 Å². The molecule has 0 radical (unpaired) electrons. The van der Waals surface area contributed by atoms with Crippen LogP contribution in [-0.4, -0.2) is 45.3 Å². The van der Waals surface area contributed by atoms with Crippen LogP contribution in [0.5, 0.6) is 0 Å². The minimum absolute atomic E-state index is 0.00213. The number of benzene rings is 2. The smallest absolute Gasteiger partial charge is 0.307 e. The van der Waals surface area contributed by atoms with E-state index in [-0.39, 0.29) is 30.7 Å². The zero-order valence-electron chi connectivity index (χ0n) is 17.2. The molecule has 0 aliphatic rings. The topological polar surface area (TPSA) is 92.8 Å². The van der Waals surface area contributed by atoms with Crippen molar-refractivity contribution < 1.29 is 31.5 Å². The molecule has 1 N–H and O–H groups in total. The first kappa shape index (κ1) is 24.4. The Morgan fingerprint density at radius 2 is 1.58 bits per heavy atom. The van der Waals surface area contributed by atoms with E-state index in [0.29, 0.717) is 5.56 Å². The van der Waals surface area contributed by atoms with E-state index < -0.39 is 39.6 Å². The highest BCUT2D eigenvalue weighted by Crippen LogP contribution is 2.19. The molecule has 10 heteroatoms. The number of halogens is 2. The standard InChI is InChI=1S/C21H24F2N2O5S/c1-25(31(28,29)18-11-9-17(23)10-12-18)13-3-4-20(26)24-19(14-21(27)30-2)15-5-7-16(22)8-6-15/h5-12,19H,3-4,13-14H2,1-2H3,(H,24,26). The lowest BCUT2D eigenvalue weighted by Crippen LogP contribution is -2.32. The number of carbonyl (C=O) groups is 2. The first-order valence-electron chi connectivity index (χ1n) is 9.47. The number of esters is 1. The molecule has 2 aromatic rings. The van der Waals surface area contributed by atoms with Crippen LogP contribution in [0.4, 0.5) is 8.78 Å². The Morgan fingerprint density at radius 1 is 1.03 bits per heavy atom. The van der Waals surface area contributed by atoms with Gasteiger partial charge in [-0.05, 0) is 48.4 Å². The molecule has 0 aliphatic heterocycles. The van der Waals surface area contributed by atoms with E-state index in [2.05, 4.69) is 10.1 Å². The molecule has 2 aromatic carbocycles. The minimum Gasteiger partial charge on any atom is -0.469 e. The van der Waals surface area contributed by atoms with E-state index in [4.69, 9.17) is 0 Å². The van der Waals surface area contributed by atoms with Gasteiger partial charge in [0.25, 0.3) is 0 Å². The van der Waals surface area contributed by atoms with E-state index in [1.807, 2.05) is 0 Å². The maximum absolute atomic E-state index is 13.2. The van der Waals surface area contributed by atoms with Crippen molar-refractivity contribution in [3.8, 4) is 0 Å². The molecule has 0 heterocycles. The molecule has 0 saturated heterocycles. The predicted octanol–water partition coefficient (Wildman–Crippen LogP) is 2.79. The number of amides is 1. The molecular formula is C21H24F2N2O5S. The Hall–Kier alpha value is -2.85. The van der Waals surface area contributed by atoms with E-state index in [0.717, 1.165) is 16.4 Å². The highest BCUT2D eigenvalue weighted by atomic mass is 32.2. The number of rotatable bonds is 10. The third kappa shape index (κ3) is 7.11. The number of nitrogens with one attached hydrogen (secondary N) is 1. The lowest BCUT2D eigenvalue weighted by Gasteiger charge is -2.19. The first-order valence-corrected chi connectivity index (χ1v) is 10.9. The number of hydrogen-bond donors (Lipinski definition) is 1. The molecule has 1 atom stereocenters. The Labute approximate surface area is 180 Å². The molecule has 2 rings (SSSR count). The second kappa shape index (κ2) is 11.0. The lowest BCUT2D eigenvalue weighted by molar-refractivity contribution is -0.141. The summed E-state index contributed by atoms with van der Waals surface area (Å²) in [5.74, 6) is -1.93. The summed E-state index contributed by atoms with van der Waals surface area (Å²) in [5.41, 5.74) is 0.538. The molecule has 31 heavy (non-hydrogen) atoms. The van der Waals surface area contributed by atoms with Crippen LogP contribution >= 0.6 is 0 Å². The Balaban J connectivity index is 1.94. The summed E-state index contributed by atoms with van der Waals surface area (Å²) >= 11 is 0. The van der Waals surface area contributed by atoms with Gasteiger partial charge in [0.05, 0.1) is 24.5 Å². The fourth-order valence-electron chi connectivity index (χ4n) is 2.83. The van der Waals surface area contributed by atoms with Gasteiger partial charge in [0.15, 0.2) is 0 Å². The molecule has 1 unspecified atom stereocenters. The summed E-state index contributed by atoms with van der Waals surface area (Å²) in [6, 6.07) is 9.14. The zero-order chi connectivity index (χ0) is 23.0. The largest absolute Gasteiger partial charge is 0.469 e. The van der Waals surface area contributed by atoms with Crippen molar-refractivity contribution >= 4 is 21.9 Å². The second-order valence-electron chi connectivity index (χ2n) is 6.84. The summed E-state index contributed by atoms with van der Waals surface area (Å²) in [4.78, 5) is 24.0. The maximum atomic E-state index is 13.2.